The van der Waals surface area contributed by atoms with E-state index in [1.54, 1.807) is 0 Å². The number of hydrogen-bond donors (Lipinski definition) is 2. The van der Waals surface area contributed by atoms with Crippen molar-refractivity contribution in [3.05, 3.63) is 0 Å². The smallest absolute Gasteiger partial charge is 0.0113 e. The second-order valence-corrected chi connectivity index (χ2v) is 7.30. The maximum absolute atomic E-state index is 3.94. The fourth-order valence-electron chi connectivity index (χ4n) is 3.95. The highest BCUT2D eigenvalue weighted by Crippen LogP contribution is 2.32. The van der Waals surface area contributed by atoms with Gasteiger partial charge < -0.3 is 10.6 Å². The van der Waals surface area contributed by atoms with Crippen molar-refractivity contribution in [2.45, 2.75) is 90.3 Å². The van der Waals surface area contributed by atoms with E-state index in [-0.39, 0.29) is 0 Å². The van der Waals surface area contributed by atoms with Crippen LogP contribution < -0.4 is 10.6 Å². The zero-order chi connectivity index (χ0) is 13.7. The first-order chi connectivity index (χ1) is 9.16. The van der Waals surface area contributed by atoms with Gasteiger partial charge in [-0.2, -0.15) is 0 Å². The Labute approximate surface area is 120 Å². The first-order valence-corrected chi connectivity index (χ1v) is 8.66. The maximum Gasteiger partial charge on any atom is 0.0113 e. The predicted octanol–water partition coefficient (Wildman–Crippen LogP) is 3.71. The molecule has 2 fully saturated rings. The van der Waals surface area contributed by atoms with Crippen LogP contribution >= 0.6 is 0 Å². The number of rotatable bonds is 6. The SMILES string of the molecule is CC(C)CCC(C)NC1CCCC1C1CCCCN1. The van der Waals surface area contributed by atoms with Gasteiger partial charge in [-0.1, -0.05) is 26.7 Å². The predicted molar refractivity (Wildman–Crippen MR) is 83.4 cm³/mol. The second-order valence-electron chi connectivity index (χ2n) is 7.30. The highest BCUT2D eigenvalue weighted by atomic mass is 15.0. The third-order valence-corrected chi connectivity index (χ3v) is 5.11. The molecule has 2 aliphatic rings. The molecule has 1 aliphatic heterocycles. The average molecular weight is 266 g/mol. The molecule has 1 heterocycles. The summed E-state index contributed by atoms with van der Waals surface area (Å²) in [6.07, 6.45) is 11.2. The van der Waals surface area contributed by atoms with E-state index in [0.29, 0.717) is 6.04 Å². The van der Waals surface area contributed by atoms with Gasteiger partial charge in [-0.3, -0.25) is 0 Å². The van der Waals surface area contributed by atoms with Crippen LogP contribution in [0.25, 0.3) is 0 Å². The summed E-state index contributed by atoms with van der Waals surface area (Å²) in [7, 11) is 0. The Bertz CT molecular complexity index is 246. The molecule has 0 aromatic carbocycles. The van der Waals surface area contributed by atoms with Crippen LogP contribution in [0.1, 0.15) is 72.1 Å². The summed E-state index contributed by atoms with van der Waals surface area (Å²) < 4.78 is 0. The molecule has 1 aliphatic carbocycles. The first-order valence-electron chi connectivity index (χ1n) is 8.66. The Kier molecular flexibility index (Phi) is 6.15. The summed E-state index contributed by atoms with van der Waals surface area (Å²) in [4.78, 5) is 0. The van der Waals surface area contributed by atoms with Crippen LogP contribution in [-0.4, -0.2) is 24.7 Å². The lowest BCUT2D eigenvalue weighted by Crippen LogP contribution is -2.48. The van der Waals surface area contributed by atoms with Gasteiger partial charge in [0.25, 0.3) is 0 Å². The molecule has 2 heteroatoms. The van der Waals surface area contributed by atoms with E-state index in [1.165, 1.54) is 57.9 Å². The van der Waals surface area contributed by atoms with E-state index in [2.05, 4.69) is 31.4 Å². The fourth-order valence-corrected chi connectivity index (χ4v) is 3.95. The van der Waals surface area contributed by atoms with Crippen LogP contribution in [-0.2, 0) is 0 Å². The second kappa shape index (κ2) is 7.64. The van der Waals surface area contributed by atoms with Crippen molar-refractivity contribution in [2.24, 2.45) is 11.8 Å². The van der Waals surface area contributed by atoms with Crippen molar-refractivity contribution >= 4 is 0 Å². The average Bonchev–Trinajstić information content (AvgIpc) is 2.85. The van der Waals surface area contributed by atoms with Gasteiger partial charge in [-0.25, -0.2) is 0 Å². The minimum Gasteiger partial charge on any atom is -0.314 e. The van der Waals surface area contributed by atoms with E-state index in [9.17, 15) is 0 Å². The molecule has 0 amide bonds. The van der Waals surface area contributed by atoms with Crippen molar-refractivity contribution in [2.75, 3.05) is 6.54 Å². The van der Waals surface area contributed by atoms with Gasteiger partial charge in [0.2, 0.25) is 0 Å². The van der Waals surface area contributed by atoms with Gasteiger partial charge in [-0.15, -0.1) is 0 Å². The third kappa shape index (κ3) is 4.75. The van der Waals surface area contributed by atoms with Crippen LogP contribution in [0.5, 0.6) is 0 Å². The lowest BCUT2D eigenvalue weighted by atomic mass is 9.88. The number of hydrogen-bond acceptors (Lipinski definition) is 2. The Hall–Kier alpha value is -0.0800. The lowest BCUT2D eigenvalue weighted by Gasteiger charge is -2.34. The van der Waals surface area contributed by atoms with Gasteiger partial charge in [0.15, 0.2) is 0 Å². The summed E-state index contributed by atoms with van der Waals surface area (Å²) in [6, 6.07) is 2.26. The van der Waals surface area contributed by atoms with Crippen molar-refractivity contribution in [3.63, 3.8) is 0 Å². The van der Waals surface area contributed by atoms with Gasteiger partial charge in [0.1, 0.15) is 0 Å². The molecule has 0 aromatic heterocycles. The molecule has 2 nitrogen and oxygen atoms in total. The largest absolute Gasteiger partial charge is 0.314 e. The number of piperidine rings is 1. The summed E-state index contributed by atoms with van der Waals surface area (Å²) in [6.45, 7) is 8.29. The van der Waals surface area contributed by atoms with Gasteiger partial charge >= 0.3 is 0 Å². The molecule has 2 N–H and O–H groups in total. The molecule has 0 bridgehead atoms. The van der Waals surface area contributed by atoms with E-state index in [0.717, 1.165) is 23.9 Å². The molecule has 4 atom stereocenters. The zero-order valence-electron chi connectivity index (χ0n) is 13.3. The van der Waals surface area contributed by atoms with Crippen LogP contribution in [0.4, 0.5) is 0 Å². The van der Waals surface area contributed by atoms with Crippen LogP contribution in [0.2, 0.25) is 0 Å². The van der Waals surface area contributed by atoms with E-state index in [4.69, 9.17) is 0 Å². The topological polar surface area (TPSA) is 24.1 Å². The van der Waals surface area contributed by atoms with Gasteiger partial charge in [0.05, 0.1) is 0 Å². The minimum absolute atomic E-state index is 0.691. The van der Waals surface area contributed by atoms with E-state index >= 15 is 0 Å². The normalized spacial score (nSPS) is 33.8. The monoisotopic (exact) mass is 266 g/mol. The summed E-state index contributed by atoms with van der Waals surface area (Å²) in [5.74, 6) is 1.73. The molecule has 0 spiro atoms. The molecular weight excluding hydrogens is 232 g/mol. The zero-order valence-corrected chi connectivity index (χ0v) is 13.3. The Morgan fingerprint density at radius 2 is 1.84 bits per heavy atom. The van der Waals surface area contributed by atoms with Crippen LogP contribution in [0, 0.1) is 11.8 Å². The van der Waals surface area contributed by atoms with Crippen LogP contribution in [0.15, 0.2) is 0 Å². The number of nitrogens with one attached hydrogen (secondary N) is 2. The third-order valence-electron chi connectivity index (χ3n) is 5.11. The summed E-state index contributed by atoms with van der Waals surface area (Å²) >= 11 is 0. The quantitative estimate of drug-likeness (QED) is 0.766. The van der Waals surface area contributed by atoms with E-state index < -0.39 is 0 Å². The van der Waals surface area contributed by atoms with Crippen molar-refractivity contribution in [1.29, 1.82) is 0 Å². The lowest BCUT2D eigenvalue weighted by molar-refractivity contribution is 0.244. The summed E-state index contributed by atoms with van der Waals surface area (Å²) in [5, 5.41) is 7.72. The summed E-state index contributed by atoms with van der Waals surface area (Å²) in [5.41, 5.74) is 0. The molecule has 19 heavy (non-hydrogen) atoms. The maximum atomic E-state index is 3.94. The Morgan fingerprint density at radius 1 is 1.00 bits per heavy atom. The molecule has 0 radical (unpaired) electrons. The van der Waals surface area contributed by atoms with Gasteiger partial charge in [-0.05, 0) is 63.8 Å². The van der Waals surface area contributed by atoms with Crippen molar-refractivity contribution in [3.8, 4) is 0 Å². The highest BCUT2D eigenvalue weighted by molar-refractivity contribution is 4.93. The van der Waals surface area contributed by atoms with E-state index in [1.807, 2.05) is 0 Å². The Balaban J connectivity index is 1.77. The molecule has 1 saturated carbocycles. The molecule has 112 valence electrons. The first kappa shape index (κ1) is 15.3. The van der Waals surface area contributed by atoms with Crippen molar-refractivity contribution < 1.29 is 0 Å². The fraction of sp³-hybridized carbons (Fsp3) is 1.00. The van der Waals surface area contributed by atoms with Crippen LogP contribution in [0.3, 0.4) is 0 Å². The van der Waals surface area contributed by atoms with Gasteiger partial charge in [0, 0.05) is 18.1 Å². The molecular formula is C17H34N2. The molecule has 4 unspecified atom stereocenters. The standard InChI is InChI=1S/C17H34N2/c1-13(2)10-11-14(3)19-17-9-6-7-15(17)16-8-4-5-12-18-16/h13-19H,4-12H2,1-3H3. The van der Waals surface area contributed by atoms with Crippen molar-refractivity contribution in [1.82, 2.24) is 10.6 Å². The highest BCUT2D eigenvalue weighted by Gasteiger charge is 2.34. The Morgan fingerprint density at radius 3 is 2.53 bits per heavy atom. The molecule has 1 saturated heterocycles. The molecule has 0 aromatic rings. The minimum atomic E-state index is 0.691. The molecule has 2 rings (SSSR count).